The molecular formula is C31H29N5O2. The molecule has 1 amide bonds. The molecule has 190 valence electrons. The fourth-order valence-corrected chi connectivity index (χ4v) is 4.55. The van der Waals surface area contributed by atoms with E-state index in [1.54, 1.807) is 11.2 Å². The van der Waals surface area contributed by atoms with E-state index >= 15 is 0 Å². The van der Waals surface area contributed by atoms with Gasteiger partial charge in [-0.3, -0.25) is 0 Å². The van der Waals surface area contributed by atoms with Gasteiger partial charge in [0.1, 0.15) is 11.9 Å². The molecule has 7 nitrogen and oxygen atoms in total. The molecule has 7 heteroatoms. The maximum absolute atomic E-state index is 12.5. The van der Waals surface area contributed by atoms with E-state index in [4.69, 9.17) is 11.3 Å². The molecule has 1 fully saturated rings. The van der Waals surface area contributed by atoms with Crippen molar-refractivity contribution in [3.05, 3.63) is 83.5 Å². The molecule has 3 heterocycles. The smallest absolute Gasteiger partial charge is 0.410 e. The maximum atomic E-state index is 12.5. The van der Waals surface area contributed by atoms with Crippen LogP contribution in [-0.4, -0.2) is 44.3 Å². The summed E-state index contributed by atoms with van der Waals surface area (Å²) in [6, 6.07) is 17.9. The molecule has 38 heavy (non-hydrogen) atoms. The molecule has 0 aliphatic carbocycles. The Balaban J connectivity index is 1.55. The molecule has 0 bridgehead atoms. The summed E-state index contributed by atoms with van der Waals surface area (Å²) in [5, 5.41) is 4.57. The number of benzene rings is 2. The molecule has 1 aliphatic heterocycles. The van der Waals surface area contributed by atoms with E-state index in [9.17, 15) is 4.79 Å². The minimum Gasteiger partial charge on any atom is -0.444 e. The van der Waals surface area contributed by atoms with Gasteiger partial charge in [0, 0.05) is 30.1 Å². The topological polar surface area (TPSA) is 64.1 Å². The van der Waals surface area contributed by atoms with Gasteiger partial charge in [-0.15, -0.1) is 0 Å². The number of hydrogen-bond acceptors (Lipinski definition) is 4. The van der Waals surface area contributed by atoms with Gasteiger partial charge in [0.05, 0.1) is 17.8 Å². The summed E-state index contributed by atoms with van der Waals surface area (Å²) in [6.45, 7) is 16.1. The molecule has 2 aromatic carbocycles. The summed E-state index contributed by atoms with van der Waals surface area (Å²) >= 11 is 0. The Morgan fingerprint density at radius 2 is 1.82 bits per heavy atom. The molecule has 0 N–H and O–H groups in total. The third kappa shape index (κ3) is 5.23. The Morgan fingerprint density at radius 1 is 1.11 bits per heavy atom. The largest absolute Gasteiger partial charge is 0.444 e. The number of carbonyl (C=O) groups is 1. The molecule has 0 spiro atoms. The minimum absolute atomic E-state index is 0.0451. The predicted octanol–water partition coefficient (Wildman–Crippen LogP) is 6.53. The number of hydrogen-bond donors (Lipinski definition) is 0. The van der Waals surface area contributed by atoms with Crippen LogP contribution in [0.4, 0.5) is 10.5 Å². The van der Waals surface area contributed by atoms with E-state index in [1.165, 1.54) is 5.56 Å². The van der Waals surface area contributed by atoms with E-state index in [1.807, 2.05) is 49.6 Å². The second-order valence-corrected chi connectivity index (χ2v) is 10.5. The lowest BCUT2D eigenvalue weighted by atomic mass is 9.96. The second-order valence-electron chi connectivity index (χ2n) is 10.5. The quantitative estimate of drug-likeness (QED) is 0.230. The van der Waals surface area contributed by atoms with Crippen molar-refractivity contribution in [1.82, 2.24) is 19.5 Å². The predicted molar refractivity (Wildman–Crippen MR) is 148 cm³/mol. The van der Waals surface area contributed by atoms with Crippen molar-refractivity contribution >= 4 is 17.4 Å². The molecule has 1 atom stereocenters. The Labute approximate surface area is 222 Å². The number of fused-ring (bicyclic) bond motifs is 1. The SMILES string of the molecule is [C-]#[N+]c1ccc(-c2cc(C#CC3CCN(C(=O)OC(C)(C)C)C3)c3ncnn3c2-c2ccc(C)cc2)cc1. The number of ether oxygens (including phenoxy) is 1. The van der Waals surface area contributed by atoms with Gasteiger partial charge in [0.25, 0.3) is 0 Å². The zero-order chi connectivity index (χ0) is 26.9. The van der Waals surface area contributed by atoms with Crippen molar-refractivity contribution in [1.29, 1.82) is 0 Å². The Bertz CT molecular complexity index is 1590. The van der Waals surface area contributed by atoms with Crippen molar-refractivity contribution < 1.29 is 9.53 Å². The summed E-state index contributed by atoms with van der Waals surface area (Å²) in [6.07, 6.45) is 2.04. The average Bonchev–Trinajstić information content (AvgIpc) is 3.57. The van der Waals surface area contributed by atoms with Crippen LogP contribution in [0.5, 0.6) is 0 Å². The molecule has 1 saturated heterocycles. The van der Waals surface area contributed by atoms with E-state index in [0.29, 0.717) is 24.4 Å². The Kier molecular flexibility index (Phi) is 6.61. The minimum atomic E-state index is -0.525. The number of carbonyl (C=O) groups excluding carboxylic acids is 1. The van der Waals surface area contributed by atoms with Crippen LogP contribution >= 0.6 is 0 Å². The second kappa shape index (κ2) is 10.0. The number of aromatic nitrogens is 3. The fourth-order valence-electron chi connectivity index (χ4n) is 4.55. The third-order valence-corrected chi connectivity index (χ3v) is 6.43. The van der Waals surface area contributed by atoms with Crippen LogP contribution < -0.4 is 0 Å². The van der Waals surface area contributed by atoms with Crippen LogP contribution in [0, 0.1) is 31.3 Å². The maximum Gasteiger partial charge on any atom is 0.410 e. The van der Waals surface area contributed by atoms with Gasteiger partial charge in [-0.05, 0) is 45.7 Å². The monoisotopic (exact) mass is 503 g/mol. The number of likely N-dealkylation sites (tertiary alicyclic amines) is 1. The third-order valence-electron chi connectivity index (χ3n) is 6.43. The van der Waals surface area contributed by atoms with E-state index in [2.05, 4.69) is 64.0 Å². The van der Waals surface area contributed by atoms with Gasteiger partial charge in [-0.2, -0.15) is 5.10 Å². The molecule has 1 aliphatic rings. The number of pyridine rings is 1. The summed E-state index contributed by atoms with van der Waals surface area (Å²) in [5.74, 6) is 6.76. The van der Waals surface area contributed by atoms with E-state index in [-0.39, 0.29) is 12.0 Å². The van der Waals surface area contributed by atoms with Crippen LogP contribution in [-0.2, 0) is 4.74 Å². The first-order chi connectivity index (χ1) is 18.2. The zero-order valence-electron chi connectivity index (χ0n) is 22.0. The summed E-state index contributed by atoms with van der Waals surface area (Å²) in [4.78, 5) is 22.3. The van der Waals surface area contributed by atoms with Crippen molar-refractivity contribution in [3.8, 4) is 34.2 Å². The van der Waals surface area contributed by atoms with E-state index < -0.39 is 5.60 Å². The molecule has 4 aromatic rings. The first-order valence-electron chi connectivity index (χ1n) is 12.6. The lowest BCUT2D eigenvalue weighted by Crippen LogP contribution is -2.35. The van der Waals surface area contributed by atoms with Crippen LogP contribution in [0.25, 0.3) is 32.9 Å². The highest BCUT2D eigenvalue weighted by Crippen LogP contribution is 2.35. The van der Waals surface area contributed by atoms with Crippen molar-refractivity contribution in [2.45, 2.75) is 39.7 Å². The average molecular weight is 504 g/mol. The van der Waals surface area contributed by atoms with Gasteiger partial charge in [0.15, 0.2) is 11.3 Å². The van der Waals surface area contributed by atoms with Crippen molar-refractivity contribution in [2.24, 2.45) is 5.92 Å². The Hall–Kier alpha value is -4.62. The highest BCUT2D eigenvalue weighted by molar-refractivity contribution is 5.85. The van der Waals surface area contributed by atoms with Gasteiger partial charge in [-0.1, -0.05) is 65.9 Å². The number of nitrogens with zero attached hydrogens (tertiary/aromatic N) is 5. The van der Waals surface area contributed by atoms with E-state index in [0.717, 1.165) is 34.4 Å². The summed E-state index contributed by atoms with van der Waals surface area (Å²) < 4.78 is 7.36. The van der Waals surface area contributed by atoms with Crippen LogP contribution in [0.3, 0.4) is 0 Å². The summed E-state index contributed by atoms with van der Waals surface area (Å²) in [7, 11) is 0. The van der Waals surface area contributed by atoms with Gasteiger partial charge in [0.2, 0.25) is 0 Å². The number of amides is 1. The van der Waals surface area contributed by atoms with Gasteiger partial charge < -0.3 is 9.64 Å². The fraction of sp³-hybridized carbons (Fsp3) is 0.290. The molecule has 0 saturated carbocycles. The molecule has 0 radical (unpaired) electrons. The highest BCUT2D eigenvalue weighted by Gasteiger charge is 2.29. The summed E-state index contributed by atoms with van der Waals surface area (Å²) in [5.41, 5.74) is 6.52. The normalized spacial score (nSPS) is 15.1. The first kappa shape index (κ1) is 25.0. The van der Waals surface area contributed by atoms with Gasteiger partial charge >= 0.3 is 6.09 Å². The molecular weight excluding hydrogens is 474 g/mol. The highest BCUT2D eigenvalue weighted by atomic mass is 16.6. The first-order valence-corrected chi connectivity index (χ1v) is 12.6. The van der Waals surface area contributed by atoms with Crippen LogP contribution in [0.2, 0.25) is 0 Å². The zero-order valence-corrected chi connectivity index (χ0v) is 22.0. The van der Waals surface area contributed by atoms with Crippen molar-refractivity contribution in [2.75, 3.05) is 13.1 Å². The molecule has 1 unspecified atom stereocenters. The molecule has 2 aromatic heterocycles. The lowest BCUT2D eigenvalue weighted by molar-refractivity contribution is 0.0291. The number of aryl methyl sites for hydroxylation is 1. The standard InChI is InChI=1S/C31H29N5O2/c1-21-6-9-24(10-7-21)28-27(23-12-14-26(32-5)15-13-23)18-25(29-33-20-34-36(28)29)11-8-22-16-17-35(19-22)30(37)38-31(2,3)4/h6-7,9-10,12-15,18,20,22H,16-17,19H2,1-4H3. The molecule has 5 rings (SSSR count). The lowest BCUT2D eigenvalue weighted by Gasteiger charge is -2.24. The Morgan fingerprint density at radius 3 is 2.50 bits per heavy atom. The van der Waals surface area contributed by atoms with Gasteiger partial charge in [-0.25, -0.2) is 19.1 Å². The van der Waals surface area contributed by atoms with Crippen LogP contribution in [0.15, 0.2) is 60.9 Å². The number of rotatable bonds is 2. The van der Waals surface area contributed by atoms with Crippen LogP contribution in [0.1, 0.15) is 38.3 Å². The van der Waals surface area contributed by atoms with Crippen molar-refractivity contribution in [3.63, 3.8) is 0 Å².